The van der Waals surface area contributed by atoms with Crippen LogP contribution >= 0.6 is 11.3 Å². The smallest absolute Gasteiger partial charge is 0.270 e. The number of aliphatic hydroxyl groups is 1. The Kier molecular flexibility index (Phi) is 5.88. The average molecular weight is 382 g/mol. The summed E-state index contributed by atoms with van der Waals surface area (Å²) in [6.45, 7) is 1.84. The molecule has 0 bridgehead atoms. The summed E-state index contributed by atoms with van der Waals surface area (Å²) in [5.74, 6) is 0.480. The van der Waals surface area contributed by atoms with Gasteiger partial charge in [-0.2, -0.15) is 0 Å². The molecular formula is C21H22N2O3S. The van der Waals surface area contributed by atoms with Gasteiger partial charge in [0.25, 0.3) is 5.91 Å². The number of ether oxygens (including phenoxy) is 1. The molecule has 1 atom stereocenters. The fourth-order valence-electron chi connectivity index (χ4n) is 2.70. The minimum Gasteiger partial charge on any atom is -0.497 e. The molecule has 0 aliphatic heterocycles. The van der Waals surface area contributed by atoms with Gasteiger partial charge < -0.3 is 15.2 Å². The fourth-order valence-corrected chi connectivity index (χ4v) is 3.50. The second kappa shape index (κ2) is 8.33. The molecule has 1 aromatic heterocycles. The lowest BCUT2D eigenvalue weighted by Crippen LogP contribution is -2.42. The maximum absolute atomic E-state index is 12.4. The molecule has 2 aromatic carbocycles. The highest BCUT2D eigenvalue weighted by Crippen LogP contribution is 2.23. The van der Waals surface area contributed by atoms with Crippen LogP contribution in [-0.2, 0) is 6.42 Å². The van der Waals surface area contributed by atoms with E-state index in [9.17, 15) is 9.90 Å². The Morgan fingerprint density at radius 1 is 1.19 bits per heavy atom. The number of hydrogen-bond donors (Lipinski definition) is 2. The Labute approximate surface area is 162 Å². The van der Waals surface area contributed by atoms with Crippen molar-refractivity contribution in [3.05, 3.63) is 71.2 Å². The number of aromatic nitrogens is 1. The van der Waals surface area contributed by atoms with Gasteiger partial charge in [-0.1, -0.05) is 42.5 Å². The van der Waals surface area contributed by atoms with Crippen molar-refractivity contribution in [2.45, 2.75) is 18.9 Å². The molecule has 1 amide bonds. The second-order valence-corrected chi connectivity index (χ2v) is 7.47. The van der Waals surface area contributed by atoms with Crippen molar-refractivity contribution in [1.29, 1.82) is 0 Å². The van der Waals surface area contributed by atoms with Gasteiger partial charge in [-0.25, -0.2) is 4.98 Å². The number of benzene rings is 2. The third-order valence-corrected chi connectivity index (χ3v) is 5.02. The van der Waals surface area contributed by atoms with Crippen LogP contribution < -0.4 is 10.1 Å². The van der Waals surface area contributed by atoms with Crippen molar-refractivity contribution < 1.29 is 14.6 Å². The van der Waals surface area contributed by atoms with Crippen LogP contribution in [0.1, 0.15) is 23.0 Å². The van der Waals surface area contributed by atoms with Crippen LogP contribution in [0.15, 0.2) is 60.0 Å². The largest absolute Gasteiger partial charge is 0.497 e. The van der Waals surface area contributed by atoms with Crippen molar-refractivity contribution in [2.75, 3.05) is 13.7 Å². The zero-order valence-corrected chi connectivity index (χ0v) is 16.1. The number of nitrogens with zero attached hydrogens (tertiary/aromatic N) is 1. The summed E-state index contributed by atoms with van der Waals surface area (Å²) >= 11 is 1.42. The fraction of sp³-hybridized carbons (Fsp3) is 0.238. The van der Waals surface area contributed by atoms with E-state index in [1.807, 2.05) is 54.6 Å². The molecule has 3 rings (SSSR count). The van der Waals surface area contributed by atoms with E-state index < -0.39 is 5.60 Å². The first-order valence-corrected chi connectivity index (χ1v) is 9.49. The standard InChI is InChI=1S/C21H22N2O3S/c1-21(25,12-15-8-10-17(26-2)11-9-15)14-22-19(24)18-13-27-20(23-18)16-6-4-3-5-7-16/h3-11,13,25H,12,14H2,1-2H3,(H,22,24). The first kappa shape index (κ1) is 19.1. The highest BCUT2D eigenvalue weighted by atomic mass is 32.1. The Hall–Kier alpha value is -2.70. The zero-order chi connectivity index (χ0) is 19.3. The number of thiazole rings is 1. The third kappa shape index (κ3) is 5.15. The lowest BCUT2D eigenvalue weighted by molar-refractivity contribution is 0.0551. The Balaban J connectivity index is 1.58. The van der Waals surface area contributed by atoms with E-state index in [0.29, 0.717) is 12.1 Å². The average Bonchev–Trinajstić information content (AvgIpc) is 3.17. The molecule has 0 saturated carbocycles. The summed E-state index contributed by atoms with van der Waals surface area (Å²) in [7, 11) is 1.61. The molecule has 140 valence electrons. The van der Waals surface area contributed by atoms with Gasteiger partial charge in [0, 0.05) is 23.9 Å². The SMILES string of the molecule is COc1ccc(CC(C)(O)CNC(=O)c2csc(-c3ccccc3)n2)cc1. The monoisotopic (exact) mass is 382 g/mol. The van der Waals surface area contributed by atoms with Crippen molar-refractivity contribution >= 4 is 17.2 Å². The molecule has 0 fully saturated rings. The normalized spacial score (nSPS) is 13.0. The first-order chi connectivity index (χ1) is 13.0. The van der Waals surface area contributed by atoms with E-state index in [1.54, 1.807) is 19.4 Å². The topological polar surface area (TPSA) is 71.5 Å². The maximum atomic E-state index is 12.4. The summed E-state index contributed by atoms with van der Waals surface area (Å²) in [5, 5.41) is 15.9. The van der Waals surface area contributed by atoms with E-state index in [-0.39, 0.29) is 12.5 Å². The number of hydrogen-bond acceptors (Lipinski definition) is 5. The molecule has 27 heavy (non-hydrogen) atoms. The van der Waals surface area contributed by atoms with Crippen molar-refractivity contribution in [3.8, 4) is 16.3 Å². The van der Waals surface area contributed by atoms with Gasteiger partial charge in [-0.05, 0) is 24.6 Å². The minimum atomic E-state index is -1.07. The summed E-state index contributed by atoms with van der Waals surface area (Å²) in [6.07, 6.45) is 0.420. The van der Waals surface area contributed by atoms with Gasteiger partial charge in [-0.15, -0.1) is 11.3 Å². The predicted octanol–water partition coefficient (Wildman–Crippen LogP) is 3.54. The summed E-state index contributed by atoms with van der Waals surface area (Å²) in [5.41, 5.74) is 1.24. The molecule has 2 N–H and O–H groups in total. The van der Waals surface area contributed by atoms with Crippen molar-refractivity contribution in [2.24, 2.45) is 0 Å². The summed E-state index contributed by atoms with van der Waals surface area (Å²) < 4.78 is 5.14. The first-order valence-electron chi connectivity index (χ1n) is 8.61. The van der Waals surface area contributed by atoms with Gasteiger partial charge in [0.05, 0.1) is 12.7 Å². The van der Waals surface area contributed by atoms with Gasteiger partial charge in [0.2, 0.25) is 0 Å². The zero-order valence-electron chi connectivity index (χ0n) is 15.3. The van der Waals surface area contributed by atoms with Crippen LogP contribution in [0.3, 0.4) is 0 Å². The molecule has 1 unspecified atom stereocenters. The van der Waals surface area contributed by atoms with Gasteiger partial charge in [-0.3, -0.25) is 4.79 Å². The van der Waals surface area contributed by atoms with E-state index in [0.717, 1.165) is 21.9 Å². The summed E-state index contributed by atoms with van der Waals surface area (Å²) in [6, 6.07) is 17.2. The van der Waals surface area contributed by atoms with E-state index in [1.165, 1.54) is 11.3 Å². The van der Waals surface area contributed by atoms with Crippen LogP contribution in [0.2, 0.25) is 0 Å². The lowest BCUT2D eigenvalue weighted by Gasteiger charge is -2.23. The number of nitrogens with one attached hydrogen (secondary N) is 1. The molecule has 0 saturated heterocycles. The third-order valence-electron chi connectivity index (χ3n) is 4.13. The number of methoxy groups -OCH3 is 1. The highest BCUT2D eigenvalue weighted by Gasteiger charge is 2.23. The molecular weight excluding hydrogens is 360 g/mol. The second-order valence-electron chi connectivity index (χ2n) is 6.61. The maximum Gasteiger partial charge on any atom is 0.270 e. The Morgan fingerprint density at radius 3 is 2.56 bits per heavy atom. The molecule has 1 heterocycles. The van der Waals surface area contributed by atoms with Crippen LogP contribution in [0.4, 0.5) is 0 Å². The molecule has 0 aliphatic rings. The minimum absolute atomic E-state index is 0.135. The molecule has 6 heteroatoms. The van der Waals surface area contributed by atoms with Crippen LogP contribution in [0.5, 0.6) is 5.75 Å². The predicted molar refractivity (Wildman–Crippen MR) is 107 cm³/mol. The van der Waals surface area contributed by atoms with E-state index >= 15 is 0 Å². The quantitative estimate of drug-likeness (QED) is 0.656. The van der Waals surface area contributed by atoms with Crippen molar-refractivity contribution in [3.63, 3.8) is 0 Å². The molecule has 3 aromatic rings. The number of carbonyl (C=O) groups excluding carboxylic acids is 1. The van der Waals surface area contributed by atoms with Crippen molar-refractivity contribution in [1.82, 2.24) is 10.3 Å². The summed E-state index contributed by atoms with van der Waals surface area (Å²) in [4.78, 5) is 16.8. The number of carbonyl (C=O) groups is 1. The Bertz CT molecular complexity index is 889. The molecule has 5 nitrogen and oxygen atoms in total. The van der Waals surface area contributed by atoms with Gasteiger partial charge in [0.15, 0.2) is 0 Å². The van der Waals surface area contributed by atoms with Gasteiger partial charge >= 0.3 is 0 Å². The van der Waals surface area contributed by atoms with Crippen LogP contribution in [0, 0.1) is 0 Å². The number of amides is 1. The van der Waals surface area contributed by atoms with E-state index in [2.05, 4.69) is 10.3 Å². The van der Waals surface area contributed by atoms with E-state index in [4.69, 9.17) is 4.74 Å². The van der Waals surface area contributed by atoms with Crippen LogP contribution in [0.25, 0.3) is 10.6 Å². The molecule has 0 aliphatic carbocycles. The van der Waals surface area contributed by atoms with Gasteiger partial charge in [0.1, 0.15) is 16.5 Å². The number of rotatable bonds is 7. The van der Waals surface area contributed by atoms with Crippen LogP contribution in [-0.4, -0.2) is 35.3 Å². The Morgan fingerprint density at radius 2 is 1.89 bits per heavy atom. The molecule has 0 spiro atoms. The molecule has 0 radical (unpaired) electrons. The highest BCUT2D eigenvalue weighted by molar-refractivity contribution is 7.13. The lowest BCUT2D eigenvalue weighted by atomic mass is 9.96.